The number of hydrogen-bond donors (Lipinski definition) is 2. The number of rotatable bonds is 4. The van der Waals surface area contributed by atoms with Crippen LogP contribution in [0.25, 0.3) is 0 Å². The SMILES string of the molecule is O=C(O)C(NC1CCCC1)c1cc(F)cc(Cl)c1. The van der Waals surface area contributed by atoms with E-state index in [-0.39, 0.29) is 11.1 Å². The van der Waals surface area contributed by atoms with Crippen LogP contribution in [-0.2, 0) is 4.79 Å². The molecule has 0 amide bonds. The maximum Gasteiger partial charge on any atom is 0.325 e. The third kappa shape index (κ3) is 3.21. The lowest BCUT2D eigenvalue weighted by Crippen LogP contribution is -2.35. The van der Waals surface area contributed by atoms with Crippen LogP contribution in [0, 0.1) is 5.82 Å². The number of aliphatic carboxylic acids is 1. The van der Waals surface area contributed by atoms with Gasteiger partial charge in [-0.15, -0.1) is 0 Å². The van der Waals surface area contributed by atoms with Gasteiger partial charge in [-0.1, -0.05) is 24.4 Å². The van der Waals surface area contributed by atoms with Gasteiger partial charge in [0.05, 0.1) is 0 Å². The second-order valence-corrected chi connectivity index (χ2v) is 5.06. The van der Waals surface area contributed by atoms with E-state index >= 15 is 0 Å². The summed E-state index contributed by atoms with van der Waals surface area (Å²) in [6.07, 6.45) is 4.14. The van der Waals surface area contributed by atoms with Crippen LogP contribution in [0.2, 0.25) is 5.02 Å². The lowest BCUT2D eigenvalue weighted by Gasteiger charge is -2.20. The van der Waals surface area contributed by atoms with Gasteiger partial charge in [-0.3, -0.25) is 10.1 Å². The molecule has 0 radical (unpaired) electrons. The Morgan fingerprint density at radius 3 is 2.61 bits per heavy atom. The van der Waals surface area contributed by atoms with Gasteiger partial charge in [-0.2, -0.15) is 0 Å². The fourth-order valence-corrected chi connectivity index (χ4v) is 2.61. The first-order valence-electron chi connectivity index (χ1n) is 6.01. The Kier molecular flexibility index (Phi) is 4.19. The molecule has 0 heterocycles. The highest BCUT2D eigenvalue weighted by atomic mass is 35.5. The standard InChI is InChI=1S/C13H15ClFNO2/c14-9-5-8(6-10(15)7-9)12(13(17)18)16-11-3-1-2-4-11/h5-7,11-12,16H,1-4H2,(H,17,18). The van der Waals surface area contributed by atoms with Crippen molar-refractivity contribution in [1.29, 1.82) is 0 Å². The minimum Gasteiger partial charge on any atom is -0.480 e. The number of carbonyl (C=O) groups is 1. The average Bonchev–Trinajstić information content (AvgIpc) is 2.76. The molecule has 1 fully saturated rings. The largest absolute Gasteiger partial charge is 0.480 e. The van der Waals surface area contributed by atoms with Gasteiger partial charge in [0.25, 0.3) is 0 Å². The molecule has 1 aromatic rings. The first kappa shape index (κ1) is 13.3. The molecule has 5 heteroatoms. The molecule has 0 spiro atoms. The molecule has 1 unspecified atom stereocenters. The normalized spacial score (nSPS) is 17.9. The third-order valence-corrected chi connectivity index (χ3v) is 3.44. The van der Waals surface area contributed by atoms with Crippen molar-refractivity contribution in [3.05, 3.63) is 34.6 Å². The topological polar surface area (TPSA) is 49.3 Å². The van der Waals surface area contributed by atoms with Gasteiger partial charge in [0.1, 0.15) is 11.9 Å². The van der Waals surface area contributed by atoms with Crippen LogP contribution in [0.3, 0.4) is 0 Å². The van der Waals surface area contributed by atoms with Crippen molar-refractivity contribution in [3.8, 4) is 0 Å². The number of halogens is 2. The van der Waals surface area contributed by atoms with Crippen LogP contribution in [0.4, 0.5) is 4.39 Å². The molecule has 98 valence electrons. The summed E-state index contributed by atoms with van der Waals surface area (Å²) < 4.78 is 13.3. The Labute approximate surface area is 110 Å². The van der Waals surface area contributed by atoms with E-state index in [1.807, 2.05) is 0 Å². The minimum absolute atomic E-state index is 0.188. The smallest absolute Gasteiger partial charge is 0.325 e. The Hall–Kier alpha value is -1.13. The molecule has 1 aliphatic rings. The van der Waals surface area contributed by atoms with E-state index in [0.29, 0.717) is 5.56 Å². The van der Waals surface area contributed by atoms with E-state index in [1.165, 1.54) is 18.2 Å². The maximum atomic E-state index is 13.3. The fraction of sp³-hybridized carbons (Fsp3) is 0.462. The molecule has 1 aliphatic carbocycles. The number of nitrogens with one attached hydrogen (secondary N) is 1. The lowest BCUT2D eigenvalue weighted by molar-refractivity contribution is -0.139. The van der Waals surface area contributed by atoms with Crippen molar-refractivity contribution in [2.45, 2.75) is 37.8 Å². The summed E-state index contributed by atoms with van der Waals surface area (Å²) >= 11 is 5.75. The number of hydrogen-bond acceptors (Lipinski definition) is 2. The van der Waals surface area contributed by atoms with Crippen LogP contribution in [0.15, 0.2) is 18.2 Å². The molecule has 0 saturated heterocycles. The van der Waals surface area contributed by atoms with Crippen LogP contribution >= 0.6 is 11.6 Å². The molecule has 1 atom stereocenters. The van der Waals surface area contributed by atoms with Gasteiger partial charge in [-0.05, 0) is 36.6 Å². The van der Waals surface area contributed by atoms with E-state index in [0.717, 1.165) is 25.7 Å². The highest BCUT2D eigenvalue weighted by Crippen LogP contribution is 2.24. The summed E-state index contributed by atoms with van der Waals surface area (Å²) in [4.78, 5) is 11.3. The molecule has 2 rings (SSSR count). The van der Waals surface area contributed by atoms with Crippen LogP contribution in [-0.4, -0.2) is 17.1 Å². The number of carboxylic acid groups (broad SMARTS) is 1. The summed E-state index contributed by atoms with van der Waals surface area (Å²) in [5.41, 5.74) is 0.361. The monoisotopic (exact) mass is 271 g/mol. The van der Waals surface area contributed by atoms with Crippen molar-refractivity contribution in [3.63, 3.8) is 0 Å². The van der Waals surface area contributed by atoms with Gasteiger partial charge >= 0.3 is 5.97 Å². The minimum atomic E-state index is -1.01. The molecule has 1 aromatic carbocycles. The highest BCUT2D eigenvalue weighted by molar-refractivity contribution is 6.30. The summed E-state index contributed by atoms with van der Waals surface area (Å²) in [6.45, 7) is 0. The van der Waals surface area contributed by atoms with Crippen molar-refractivity contribution >= 4 is 17.6 Å². The Balaban J connectivity index is 2.20. The zero-order valence-electron chi connectivity index (χ0n) is 9.83. The molecule has 0 bridgehead atoms. The third-order valence-electron chi connectivity index (χ3n) is 3.22. The van der Waals surface area contributed by atoms with Gasteiger partial charge in [0.15, 0.2) is 0 Å². The summed E-state index contributed by atoms with van der Waals surface area (Å²) in [6, 6.07) is 3.16. The van der Waals surface area contributed by atoms with Crippen LogP contribution < -0.4 is 5.32 Å². The molecule has 0 aromatic heterocycles. The Bertz CT molecular complexity index is 426. The maximum absolute atomic E-state index is 13.3. The number of benzene rings is 1. The molecule has 1 saturated carbocycles. The van der Waals surface area contributed by atoms with Crippen LogP contribution in [0.1, 0.15) is 37.3 Å². The Morgan fingerprint density at radius 1 is 1.39 bits per heavy atom. The fourth-order valence-electron chi connectivity index (χ4n) is 2.38. The van der Waals surface area contributed by atoms with Crippen molar-refractivity contribution in [2.24, 2.45) is 0 Å². The second-order valence-electron chi connectivity index (χ2n) is 4.62. The first-order chi connectivity index (χ1) is 8.56. The second kappa shape index (κ2) is 5.67. The van der Waals surface area contributed by atoms with E-state index < -0.39 is 17.8 Å². The summed E-state index contributed by atoms with van der Waals surface area (Å²) in [5.74, 6) is -1.53. The zero-order chi connectivity index (χ0) is 13.1. The molecule has 0 aliphatic heterocycles. The van der Waals surface area contributed by atoms with Crippen LogP contribution in [0.5, 0.6) is 0 Å². The van der Waals surface area contributed by atoms with Crippen molar-refractivity contribution in [1.82, 2.24) is 5.32 Å². The molecular weight excluding hydrogens is 257 g/mol. The van der Waals surface area contributed by atoms with E-state index in [1.54, 1.807) is 0 Å². The zero-order valence-corrected chi connectivity index (χ0v) is 10.6. The van der Waals surface area contributed by atoms with Crippen molar-refractivity contribution in [2.75, 3.05) is 0 Å². The molecular formula is C13H15ClFNO2. The molecule has 3 nitrogen and oxygen atoms in total. The van der Waals surface area contributed by atoms with E-state index in [4.69, 9.17) is 11.6 Å². The van der Waals surface area contributed by atoms with Gasteiger partial charge < -0.3 is 5.11 Å². The van der Waals surface area contributed by atoms with Crippen molar-refractivity contribution < 1.29 is 14.3 Å². The van der Waals surface area contributed by atoms with E-state index in [9.17, 15) is 14.3 Å². The van der Waals surface area contributed by atoms with Gasteiger partial charge in [0.2, 0.25) is 0 Å². The highest BCUT2D eigenvalue weighted by Gasteiger charge is 2.25. The lowest BCUT2D eigenvalue weighted by atomic mass is 10.1. The summed E-state index contributed by atoms with van der Waals surface area (Å²) in [5, 5.41) is 12.5. The van der Waals surface area contributed by atoms with Gasteiger partial charge in [0, 0.05) is 11.1 Å². The Morgan fingerprint density at radius 2 is 2.06 bits per heavy atom. The first-order valence-corrected chi connectivity index (χ1v) is 6.39. The van der Waals surface area contributed by atoms with Gasteiger partial charge in [-0.25, -0.2) is 4.39 Å². The predicted octanol–water partition coefficient (Wildman–Crippen LogP) is 3.14. The number of carboxylic acids is 1. The molecule has 18 heavy (non-hydrogen) atoms. The summed E-state index contributed by atoms with van der Waals surface area (Å²) in [7, 11) is 0. The quantitative estimate of drug-likeness (QED) is 0.884. The average molecular weight is 272 g/mol. The van der Waals surface area contributed by atoms with E-state index in [2.05, 4.69) is 5.32 Å². The predicted molar refractivity (Wildman–Crippen MR) is 67.2 cm³/mol. The molecule has 2 N–H and O–H groups in total.